The van der Waals surface area contributed by atoms with E-state index in [4.69, 9.17) is 0 Å². The van der Waals surface area contributed by atoms with Gasteiger partial charge in [-0.15, -0.1) is 0 Å². The first-order valence-electron chi connectivity index (χ1n) is 6.81. The van der Waals surface area contributed by atoms with Crippen LogP contribution in [0.2, 0.25) is 0 Å². The summed E-state index contributed by atoms with van der Waals surface area (Å²) < 4.78 is 0. The summed E-state index contributed by atoms with van der Waals surface area (Å²) in [7, 11) is 0. The van der Waals surface area contributed by atoms with Crippen molar-refractivity contribution in [3.8, 4) is 0 Å². The largest absolute Gasteiger partial charge is 0.289 e. The van der Waals surface area contributed by atoms with Gasteiger partial charge in [0.05, 0.1) is 0 Å². The number of hydrogen-bond acceptors (Lipinski definition) is 2. The SMILES string of the molecule is CC(C)=CC(C)(C)C1=C(C)C(=O)c2ccccc2C1=O. The van der Waals surface area contributed by atoms with Crippen molar-refractivity contribution in [2.75, 3.05) is 0 Å². The third kappa shape index (κ3) is 2.26. The molecule has 0 bridgehead atoms. The molecule has 2 heteroatoms. The zero-order valence-corrected chi connectivity index (χ0v) is 12.7. The van der Waals surface area contributed by atoms with Crippen molar-refractivity contribution in [3.05, 3.63) is 58.2 Å². The van der Waals surface area contributed by atoms with E-state index in [1.165, 1.54) is 0 Å². The fraction of sp³-hybridized carbons (Fsp3) is 0.333. The van der Waals surface area contributed by atoms with Gasteiger partial charge >= 0.3 is 0 Å². The van der Waals surface area contributed by atoms with E-state index in [2.05, 4.69) is 0 Å². The number of benzene rings is 1. The number of ketones is 2. The minimum Gasteiger partial charge on any atom is -0.289 e. The van der Waals surface area contributed by atoms with E-state index in [1.807, 2.05) is 33.8 Å². The van der Waals surface area contributed by atoms with Crippen LogP contribution in [-0.2, 0) is 0 Å². The fourth-order valence-corrected chi connectivity index (χ4v) is 3.07. The molecule has 0 fully saturated rings. The molecule has 20 heavy (non-hydrogen) atoms. The van der Waals surface area contributed by atoms with Crippen molar-refractivity contribution in [1.82, 2.24) is 0 Å². The van der Waals surface area contributed by atoms with Crippen LogP contribution in [0.15, 0.2) is 47.1 Å². The summed E-state index contributed by atoms with van der Waals surface area (Å²) in [5, 5.41) is 0. The molecule has 0 atom stereocenters. The van der Waals surface area contributed by atoms with Crippen molar-refractivity contribution in [3.63, 3.8) is 0 Å². The monoisotopic (exact) mass is 268 g/mol. The Morgan fingerprint density at radius 3 is 2.00 bits per heavy atom. The molecular weight excluding hydrogens is 248 g/mol. The Kier molecular flexibility index (Phi) is 3.51. The molecule has 1 aliphatic carbocycles. The number of fused-ring (bicyclic) bond motifs is 1. The van der Waals surface area contributed by atoms with Gasteiger partial charge in [0, 0.05) is 27.7 Å². The van der Waals surface area contributed by atoms with Crippen molar-refractivity contribution in [1.29, 1.82) is 0 Å². The second kappa shape index (κ2) is 4.86. The minimum absolute atomic E-state index is 0.0276. The first-order chi connectivity index (χ1) is 9.25. The summed E-state index contributed by atoms with van der Waals surface area (Å²) in [5.74, 6) is -0.0642. The predicted octanol–water partition coefficient (Wildman–Crippen LogP) is 4.37. The Morgan fingerprint density at radius 1 is 1.00 bits per heavy atom. The normalized spacial score (nSPS) is 15.2. The molecule has 0 spiro atoms. The Labute approximate surface area is 120 Å². The van der Waals surface area contributed by atoms with Crippen LogP contribution in [0.4, 0.5) is 0 Å². The summed E-state index contributed by atoms with van der Waals surface area (Å²) in [6, 6.07) is 7.06. The van der Waals surface area contributed by atoms with E-state index in [0.29, 0.717) is 22.3 Å². The summed E-state index contributed by atoms with van der Waals surface area (Å²) >= 11 is 0. The number of hydrogen-bond donors (Lipinski definition) is 0. The lowest BCUT2D eigenvalue weighted by Crippen LogP contribution is -2.29. The number of carbonyl (C=O) groups excluding carboxylic acids is 2. The molecule has 0 unspecified atom stereocenters. The maximum Gasteiger partial charge on any atom is 0.191 e. The zero-order valence-electron chi connectivity index (χ0n) is 12.7. The zero-order chi connectivity index (χ0) is 15.1. The molecule has 2 nitrogen and oxygen atoms in total. The lowest BCUT2D eigenvalue weighted by molar-refractivity contribution is 0.0960. The highest BCUT2D eigenvalue weighted by atomic mass is 16.1. The molecule has 0 amide bonds. The third-order valence-corrected chi connectivity index (χ3v) is 3.65. The highest BCUT2D eigenvalue weighted by Gasteiger charge is 2.36. The second-order valence-corrected chi connectivity index (χ2v) is 6.15. The summed E-state index contributed by atoms with van der Waals surface area (Å²) in [6.07, 6.45) is 2.05. The standard InChI is InChI=1S/C18H20O2/c1-11(2)10-18(4,5)15-12(3)16(19)13-8-6-7-9-14(13)17(15)20/h6-10H,1-5H3. The van der Waals surface area contributed by atoms with Crippen LogP contribution in [0.25, 0.3) is 0 Å². The van der Waals surface area contributed by atoms with E-state index < -0.39 is 5.41 Å². The molecule has 0 heterocycles. The van der Waals surface area contributed by atoms with Gasteiger partial charge in [-0.2, -0.15) is 0 Å². The molecule has 0 N–H and O–H groups in total. The third-order valence-electron chi connectivity index (χ3n) is 3.65. The molecule has 0 radical (unpaired) electrons. The second-order valence-electron chi connectivity index (χ2n) is 6.15. The van der Waals surface area contributed by atoms with Gasteiger partial charge in [0.1, 0.15) is 0 Å². The Hall–Kier alpha value is -1.96. The van der Waals surface area contributed by atoms with Gasteiger partial charge in [0.25, 0.3) is 0 Å². The quantitative estimate of drug-likeness (QED) is 0.746. The molecule has 104 valence electrons. The van der Waals surface area contributed by atoms with Gasteiger partial charge in [-0.05, 0) is 20.8 Å². The van der Waals surface area contributed by atoms with E-state index in [0.717, 1.165) is 5.57 Å². The van der Waals surface area contributed by atoms with E-state index in [9.17, 15) is 9.59 Å². The van der Waals surface area contributed by atoms with E-state index >= 15 is 0 Å². The summed E-state index contributed by atoms with van der Waals surface area (Å²) in [6.45, 7) is 9.73. The molecular formula is C18H20O2. The van der Waals surface area contributed by atoms with Crippen molar-refractivity contribution in [2.45, 2.75) is 34.6 Å². The topological polar surface area (TPSA) is 34.1 Å². The maximum absolute atomic E-state index is 12.8. The average molecular weight is 268 g/mol. The van der Waals surface area contributed by atoms with E-state index in [1.54, 1.807) is 31.2 Å². The summed E-state index contributed by atoms with van der Waals surface area (Å²) in [4.78, 5) is 25.2. The fourth-order valence-electron chi connectivity index (χ4n) is 3.07. The smallest absolute Gasteiger partial charge is 0.191 e. The molecule has 0 aromatic heterocycles. The summed E-state index contributed by atoms with van der Waals surface area (Å²) in [5.41, 5.74) is 2.91. The van der Waals surface area contributed by atoms with E-state index in [-0.39, 0.29) is 11.6 Å². The average Bonchev–Trinajstić information content (AvgIpc) is 2.34. The Bertz CT molecular complexity index is 654. The van der Waals surface area contributed by atoms with Gasteiger partial charge < -0.3 is 0 Å². The lowest BCUT2D eigenvalue weighted by Gasteiger charge is -2.29. The molecule has 2 rings (SSSR count). The maximum atomic E-state index is 12.8. The van der Waals surface area contributed by atoms with Gasteiger partial charge in [-0.3, -0.25) is 9.59 Å². The molecule has 1 aromatic rings. The van der Waals surface area contributed by atoms with Crippen molar-refractivity contribution >= 4 is 11.6 Å². The molecule has 0 saturated heterocycles. The lowest BCUT2D eigenvalue weighted by atomic mass is 9.72. The first-order valence-corrected chi connectivity index (χ1v) is 6.81. The number of carbonyl (C=O) groups is 2. The van der Waals surface area contributed by atoms with Crippen LogP contribution in [0, 0.1) is 5.41 Å². The van der Waals surface area contributed by atoms with Gasteiger partial charge in [0.2, 0.25) is 0 Å². The minimum atomic E-state index is -0.441. The predicted molar refractivity (Wildman–Crippen MR) is 81.0 cm³/mol. The molecule has 0 aliphatic heterocycles. The van der Waals surface area contributed by atoms with Crippen LogP contribution in [0.1, 0.15) is 55.3 Å². The highest BCUT2D eigenvalue weighted by Crippen LogP contribution is 2.38. The number of rotatable bonds is 2. The number of allylic oxidation sites excluding steroid dienone is 4. The van der Waals surface area contributed by atoms with Gasteiger partial charge in [0.15, 0.2) is 11.6 Å². The molecule has 1 aromatic carbocycles. The first kappa shape index (κ1) is 14.4. The molecule has 0 saturated carbocycles. The highest BCUT2D eigenvalue weighted by molar-refractivity contribution is 6.27. The Morgan fingerprint density at radius 2 is 1.50 bits per heavy atom. The van der Waals surface area contributed by atoms with Crippen LogP contribution in [0.5, 0.6) is 0 Å². The van der Waals surface area contributed by atoms with Crippen molar-refractivity contribution in [2.24, 2.45) is 5.41 Å². The van der Waals surface area contributed by atoms with Crippen LogP contribution < -0.4 is 0 Å². The van der Waals surface area contributed by atoms with Crippen LogP contribution in [-0.4, -0.2) is 11.6 Å². The van der Waals surface area contributed by atoms with Gasteiger partial charge in [-0.25, -0.2) is 0 Å². The van der Waals surface area contributed by atoms with Crippen molar-refractivity contribution < 1.29 is 9.59 Å². The van der Waals surface area contributed by atoms with Crippen LogP contribution in [0.3, 0.4) is 0 Å². The Balaban J connectivity index is 2.67. The van der Waals surface area contributed by atoms with Gasteiger partial charge in [-0.1, -0.05) is 49.8 Å². The van der Waals surface area contributed by atoms with Crippen LogP contribution >= 0.6 is 0 Å². The molecule has 1 aliphatic rings. The number of Topliss-reactive ketones (excluding diaryl/α,β-unsaturated/α-hetero) is 2.